The highest BCUT2D eigenvalue weighted by Gasteiger charge is 2.08. The number of nitrogens with zero attached hydrogens (tertiary/aromatic N) is 2. The van der Waals surface area contributed by atoms with Crippen molar-refractivity contribution in [2.45, 2.75) is 19.4 Å². The third kappa shape index (κ3) is 2.51. The van der Waals surface area contributed by atoms with Crippen molar-refractivity contribution in [2.24, 2.45) is 0 Å². The van der Waals surface area contributed by atoms with Crippen LogP contribution in [0.1, 0.15) is 18.4 Å². The minimum absolute atomic E-state index is 0.216. The largest absolute Gasteiger partial charge is 0.396 e. The molecule has 0 saturated heterocycles. The number of aryl methyl sites for hydroxylation is 1. The summed E-state index contributed by atoms with van der Waals surface area (Å²) in [6.45, 7) is 1.04. The molecule has 1 aromatic carbocycles. The second-order valence-electron chi connectivity index (χ2n) is 3.94. The van der Waals surface area contributed by atoms with E-state index in [0.717, 1.165) is 34.8 Å². The second kappa shape index (κ2) is 5.35. The Morgan fingerprint density at radius 3 is 2.88 bits per heavy atom. The van der Waals surface area contributed by atoms with Crippen molar-refractivity contribution in [3.05, 3.63) is 34.4 Å². The van der Waals surface area contributed by atoms with Crippen molar-refractivity contribution in [1.82, 2.24) is 4.57 Å². The number of halogens is 1. The van der Waals surface area contributed by atoms with Gasteiger partial charge in [-0.05, 0) is 25.0 Å². The van der Waals surface area contributed by atoms with E-state index in [9.17, 15) is 0 Å². The Bertz CT molecular complexity index is 569. The van der Waals surface area contributed by atoms with E-state index in [0.29, 0.717) is 5.56 Å². The van der Waals surface area contributed by atoms with Gasteiger partial charge in [-0.3, -0.25) is 0 Å². The number of nitriles is 1. The van der Waals surface area contributed by atoms with Crippen LogP contribution in [0.4, 0.5) is 0 Å². The normalized spacial score (nSPS) is 10.6. The Morgan fingerprint density at radius 2 is 2.18 bits per heavy atom. The number of aromatic nitrogens is 1. The maximum atomic E-state index is 9.07. The maximum absolute atomic E-state index is 9.07. The van der Waals surface area contributed by atoms with Crippen LogP contribution in [0.2, 0.25) is 0 Å². The summed E-state index contributed by atoms with van der Waals surface area (Å²) in [6, 6.07) is 8.14. The third-order valence-electron chi connectivity index (χ3n) is 2.77. The van der Waals surface area contributed by atoms with E-state index in [1.807, 2.05) is 24.4 Å². The fourth-order valence-corrected chi connectivity index (χ4v) is 2.28. The summed E-state index contributed by atoms with van der Waals surface area (Å²) in [5.41, 5.74) is 1.77. The molecule has 17 heavy (non-hydrogen) atoms. The molecule has 3 nitrogen and oxygen atoms in total. The number of rotatable bonds is 4. The average molecular weight is 293 g/mol. The predicted octanol–water partition coefficient (Wildman–Crippen LogP) is 3.05. The van der Waals surface area contributed by atoms with Crippen molar-refractivity contribution in [2.75, 3.05) is 6.61 Å². The summed E-state index contributed by atoms with van der Waals surface area (Å²) >= 11 is 3.44. The number of fused-ring (bicyclic) bond motifs is 1. The predicted molar refractivity (Wildman–Crippen MR) is 70.7 cm³/mol. The van der Waals surface area contributed by atoms with Gasteiger partial charge in [0.05, 0.1) is 11.1 Å². The molecule has 88 valence electrons. The van der Waals surface area contributed by atoms with Gasteiger partial charge in [0.2, 0.25) is 0 Å². The van der Waals surface area contributed by atoms with Gasteiger partial charge in [0.25, 0.3) is 0 Å². The van der Waals surface area contributed by atoms with E-state index >= 15 is 0 Å². The van der Waals surface area contributed by atoms with Crippen LogP contribution in [0.25, 0.3) is 10.9 Å². The third-order valence-corrected chi connectivity index (χ3v) is 3.27. The first-order valence-corrected chi connectivity index (χ1v) is 6.35. The van der Waals surface area contributed by atoms with E-state index in [1.165, 1.54) is 0 Å². The Morgan fingerprint density at radius 1 is 1.35 bits per heavy atom. The molecule has 0 aliphatic rings. The van der Waals surface area contributed by atoms with Crippen LogP contribution in [-0.4, -0.2) is 16.3 Å². The second-order valence-corrected chi connectivity index (χ2v) is 4.86. The average Bonchev–Trinajstić information content (AvgIpc) is 2.67. The van der Waals surface area contributed by atoms with Crippen LogP contribution >= 0.6 is 15.9 Å². The Hall–Kier alpha value is -1.31. The summed E-state index contributed by atoms with van der Waals surface area (Å²) in [5, 5.41) is 18.8. The molecule has 0 radical (unpaired) electrons. The maximum Gasteiger partial charge on any atom is 0.101 e. The van der Waals surface area contributed by atoms with E-state index in [4.69, 9.17) is 10.4 Å². The van der Waals surface area contributed by atoms with E-state index < -0.39 is 0 Å². The number of unbranched alkanes of at least 4 members (excludes halogenated alkanes) is 1. The lowest BCUT2D eigenvalue weighted by molar-refractivity contribution is 0.281. The molecule has 0 amide bonds. The lowest BCUT2D eigenvalue weighted by Crippen LogP contribution is -1.97. The first kappa shape index (κ1) is 12.2. The number of benzene rings is 1. The molecule has 1 heterocycles. The number of aliphatic hydroxyl groups is 1. The van der Waals surface area contributed by atoms with Gasteiger partial charge in [0.15, 0.2) is 0 Å². The minimum Gasteiger partial charge on any atom is -0.396 e. The van der Waals surface area contributed by atoms with Gasteiger partial charge < -0.3 is 9.67 Å². The molecule has 4 heteroatoms. The van der Waals surface area contributed by atoms with Gasteiger partial charge in [-0.2, -0.15) is 5.26 Å². The summed E-state index contributed by atoms with van der Waals surface area (Å²) < 4.78 is 3.09. The van der Waals surface area contributed by atoms with Crippen molar-refractivity contribution < 1.29 is 5.11 Å². The zero-order valence-electron chi connectivity index (χ0n) is 9.36. The Labute approximate surface area is 108 Å². The number of aliphatic hydroxyl groups excluding tert-OH is 1. The zero-order valence-corrected chi connectivity index (χ0v) is 10.9. The molecule has 0 unspecified atom stereocenters. The van der Waals surface area contributed by atoms with Gasteiger partial charge in [0.1, 0.15) is 6.07 Å². The standard InChI is InChI=1S/C13H13BrN2O/c14-11-3-4-12-10(8-15)9-16(13(12)7-11)5-1-2-6-17/h3-4,7,9,17H,1-2,5-6H2. The Kier molecular flexibility index (Phi) is 3.82. The zero-order chi connectivity index (χ0) is 12.3. The lowest BCUT2D eigenvalue weighted by atomic mass is 10.2. The van der Waals surface area contributed by atoms with Crippen molar-refractivity contribution in [3.63, 3.8) is 0 Å². The first-order chi connectivity index (χ1) is 8.26. The highest BCUT2D eigenvalue weighted by atomic mass is 79.9. The molecule has 2 rings (SSSR count). The van der Waals surface area contributed by atoms with Crippen molar-refractivity contribution in [3.8, 4) is 6.07 Å². The lowest BCUT2D eigenvalue weighted by Gasteiger charge is -2.04. The molecule has 0 fully saturated rings. The van der Waals surface area contributed by atoms with Crippen LogP contribution in [0.15, 0.2) is 28.9 Å². The van der Waals surface area contributed by atoms with Gasteiger partial charge >= 0.3 is 0 Å². The van der Waals surface area contributed by atoms with Crippen LogP contribution < -0.4 is 0 Å². The molecule has 1 N–H and O–H groups in total. The molecular weight excluding hydrogens is 280 g/mol. The van der Waals surface area contributed by atoms with Crippen LogP contribution in [-0.2, 0) is 6.54 Å². The van der Waals surface area contributed by atoms with Crippen LogP contribution in [0.3, 0.4) is 0 Å². The molecule has 0 spiro atoms. The monoisotopic (exact) mass is 292 g/mol. The SMILES string of the molecule is N#Cc1cn(CCCCO)c2cc(Br)ccc12. The highest BCUT2D eigenvalue weighted by molar-refractivity contribution is 9.10. The first-order valence-electron chi connectivity index (χ1n) is 5.55. The molecule has 0 saturated carbocycles. The molecule has 0 aliphatic carbocycles. The van der Waals surface area contributed by atoms with E-state index in [1.54, 1.807) is 0 Å². The molecule has 0 aliphatic heterocycles. The van der Waals surface area contributed by atoms with Gasteiger partial charge in [-0.15, -0.1) is 0 Å². The minimum atomic E-state index is 0.216. The Balaban J connectivity index is 2.41. The van der Waals surface area contributed by atoms with Crippen molar-refractivity contribution >= 4 is 26.8 Å². The molecule has 0 atom stereocenters. The van der Waals surface area contributed by atoms with Gasteiger partial charge in [-0.25, -0.2) is 0 Å². The fourth-order valence-electron chi connectivity index (χ4n) is 1.93. The highest BCUT2D eigenvalue weighted by Crippen LogP contribution is 2.24. The van der Waals surface area contributed by atoms with Crippen LogP contribution in [0.5, 0.6) is 0 Å². The van der Waals surface area contributed by atoms with Crippen LogP contribution in [0, 0.1) is 11.3 Å². The fraction of sp³-hybridized carbons (Fsp3) is 0.308. The van der Waals surface area contributed by atoms with Crippen molar-refractivity contribution in [1.29, 1.82) is 5.26 Å². The van der Waals surface area contributed by atoms with Gasteiger partial charge in [-0.1, -0.05) is 22.0 Å². The summed E-state index contributed by atoms with van der Waals surface area (Å²) in [7, 11) is 0. The van der Waals surface area contributed by atoms with Gasteiger partial charge in [0, 0.05) is 29.2 Å². The number of hydrogen-bond acceptors (Lipinski definition) is 2. The summed E-state index contributed by atoms with van der Waals surface area (Å²) in [4.78, 5) is 0. The quantitative estimate of drug-likeness (QED) is 0.881. The topological polar surface area (TPSA) is 49.0 Å². The molecule has 2 aromatic rings. The summed E-state index contributed by atoms with van der Waals surface area (Å²) in [6.07, 6.45) is 3.59. The summed E-state index contributed by atoms with van der Waals surface area (Å²) in [5.74, 6) is 0. The molecule has 1 aromatic heterocycles. The molecule has 0 bridgehead atoms. The van der Waals surface area contributed by atoms with E-state index in [2.05, 4.69) is 26.6 Å². The number of hydrogen-bond donors (Lipinski definition) is 1. The van der Waals surface area contributed by atoms with E-state index in [-0.39, 0.29) is 6.61 Å². The smallest absolute Gasteiger partial charge is 0.101 e. The molecular formula is C13H13BrN2O.